The molecule has 2 aromatic carbocycles. The maximum Gasteiger partial charge on any atom is 0.221 e. The molecule has 5 nitrogen and oxygen atoms in total. The van der Waals surface area contributed by atoms with E-state index in [1.165, 1.54) is 17.7 Å². The van der Waals surface area contributed by atoms with Crippen LogP contribution in [0.25, 0.3) is 33.4 Å². The van der Waals surface area contributed by atoms with Gasteiger partial charge in [0.1, 0.15) is 5.82 Å². The molecule has 0 spiro atoms. The van der Waals surface area contributed by atoms with Crippen molar-refractivity contribution in [3.8, 4) is 22.5 Å². The summed E-state index contributed by atoms with van der Waals surface area (Å²) in [5, 5.41) is 8.29. The number of amides is 1. The van der Waals surface area contributed by atoms with Crippen LogP contribution in [0.4, 0.5) is 4.39 Å². The highest BCUT2D eigenvalue weighted by Crippen LogP contribution is 2.44. The van der Waals surface area contributed by atoms with Crippen LogP contribution in [-0.2, 0) is 11.2 Å². The highest BCUT2D eigenvalue weighted by atomic mass is 19.1. The highest BCUT2D eigenvalue weighted by molar-refractivity contribution is 5.89. The minimum atomic E-state index is -0.343. The number of rotatable bonds is 5. The molecule has 0 bridgehead atoms. The summed E-state index contributed by atoms with van der Waals surface area (Å²) in [6.07, 6.45) is 4.27. The van der Waals surface area contributed by atoms with E-state index in [2.05, 4.69) is 16.3 Å². The van der Waals surface area contributed by atoms with Crippen LogP contribution < -0.4 is 5.73 Å². The van der Waals surface area contributed by atoms with Crippen LogP contribution in [0.1, 0.15) is 29.9 Å². The van der Waals surface area contributed by atoms with Gasteiger partial charge < -0.3 is 5.73 Å². The van der Waals surface area contributed by atoms with E-state index in [1.807, 2.05) is 18.2 Å². The van der Waals surface area contributed by atoms with Crippen LogP contribution in [0.2, 0.25) is 0 Å². The lowest BCUT2D eigenvalue weighted by atomic mass is 9.98. The van der Waals surface area contributed by atoms with Gasteiger partial charge in [-0.2, -0.15) is 5.10 Å². The monoisotopic (exact) mass is 386 g/mol. The molecule has 29 heavy (non-hydrogen) atoms. The number of hydrogen-bond donors (Lipinski definition) is 2. The van der Waals surface area contributed by atoms with Crippen LogP contribution in [-0.4, -0.2) is 21.1 Å². The van der Waals surface area contributed by atoms with Crippen LogP contribution in [0, 0.1) is 5.82 Å². The van der Waals surface area contributed by atoms with Gasteiger partial charge in [0, 0.05) is 16.5 Å². The van der Waals surface area contributed by atoms with Crippen molar-refractivity contribution in [2.45, 2.75) is 25.2 Å². The number of fused-ring (bicyclic) bond motifs is 1. The quantitative estimate of drug-likeness (QED) is 0.535. The zero-order valence-corrected chi connectivity index (χ0v) is 15.7. The van der Waals surface area contributed by atoms with Gasteiger partial charge in [0.15, 0.2) is 0 Å². The van der Waals surface area contributed by atoms with E-state index in [1.54, 1.807) is 18.3 Å². The molecule has 1 fully saturated rings. The maximum atomic E-state index is 13.3. The Bertz CT molecular complexity index is 1230. The smallest absolute Gasteiger partial charge is 0.221 e. The van der Waals surface area contributed by atoms with Gasteiger partial charge in [-0.15, -0.1) is 0 Å². The average molecular weight is 386 g/mol. The summed E-state index contributed by atoms with van der Waals surface area (Å²) in [5.74, 6) is -0.116. The fourth-order valence-corrected chi connectivity index (χ4v) is 3.80. The second-order valence-electron chi connectivity index (χ2n) is 7.53. The summed E-state index contributed by atoms with van der Waals surface area (Å²) in [5.41, 5.74) is 11.7. The second kappa shape index (κ2) is 6.81. The number of nitrogens with two attached hydrogens (primary N) is 1. The molecule has 1 aliphatic rings. The molecular formula is C23H19FN4O. The first-order chi connectivity index (χ1) is 14.1. The Kier molecular flexibility index (Phi) is 4.12. The third-order valence-electron chi connectivity index (χ3n) is 5.35. The van der Waals surface area contributed by atoms with Gasteiger partial charge >= 0.3 is 0 Å². The van der Waals surface area contributed by atoms with E-state index < -0.39 is 0 Å². The normalized spacial score (nSPS) is 13.7. The Morgan fingerprint density at radius 2 is 1.93 bits per heavy atom. The fourth-order valence-electron chi connectivity index (χ4n) is 3.80. The molecule has 5 rings (SSSR count). The van der Waals surface area contributed by atoms with Gasteiger partial charge in [0.25, 0.3) is 0 Å². The Hall–Kier alpha value is -3.54. The molecule has 0 radical (unpaired) electrons. The van der Waals surface area contributed by atoms with Gasteiger partial charge in [-0.25, -0.2) is 9.37 Å². The first-order valence-electron chi connectivity index (χ1n) is 9.60. The number of pyridine rings is 1. The largest absolute Gasteiger partial charge is 0.369 e. The van der Waals surface area contributed by atoms with Crippen LogP contribution >= 0.6 is 0 Å². The lowest BCUT2D eigenvalue weighted by molar-refractivity contribution is -0.117. The van der Waals surface area contributed by atoms with Gasteiger partial charge in [0.2, 0.25) is 5.91 Å². The Morgan fingerprint density at radius 3 is 2.66 bits per heavy atom. The molecule has 144 valence electrons. The molecule has 0 unspecified atom stereocenters. The number of halogens is 1. The summed E-state index contributed by atoms with van der Waals surface area (Å²) >= 11 is 0. The van der Waals surface area contributed by atoms with E-state index in [-0.39, 0.29) is 18.1 Å². The van der Waals surface area contributed by atoms with Gasteiger partial charge in [0.05, 0.1) is 29.5 Å². The van der Waals surface area contributed by atoms with Crippen molar-refractivity contribution in [2.75, 3.05) is 0 Å². The summed E-state index contributed by atoms with van der Waals surface area (Å²) in [6, 6.07) is 14.3. The van der Waals surface area contributed by atoms with Crippen LogP contribution in [0.15, 0.2) is 54.7 Å². The summed E-state index contributed by atoms with van der Waals surface area (Å²) in [7, 11) is 0. The van der Waals surface area contributed by atoms with Crippen molar-refractivity contribution in [2.24, 2.45) is 5.73 Å². The van der Waals surface area contributed by atoms with E-state index in [0.717, 1.165) is 51.8 Å². The predicted octanol–water partition coefficient (Wildman–Crippen LogP) is 4.34. The number of hydrogen-bond acceptors (Lipinski definition) is 3. The number of carbonyl (C=O) groups is 1. The molecule has 1 amide bonds. The van der Waals surface area contributed by atoms with E-state index in [9.17, 15) is 9.18 Å². The maximum absolute atomic E-state index is 13.3. The average Bonchev–Trinajstić information content (AvgIpc) is 3.43. The molecule has 0 atom stereocenters. The van der Waals surface area contributed by atoms with Crippen molar-refractivity contribution in [3.05, 3.63) is 71.7 Å². The van der Waals surface area contributed by atoms with Crippen molar-refractivity contribution in [1.82, 2.24) is 15.2 Å². The Labute approximate surface area is 166 Å². The number of primary amides is 1. The first kappa shape index (κ1) is 17.6. The standard InChI is InChI=1S/C23H19FN4O/c24-16-6-4-15(5-7-16)23-19(12-26-28-23)21-11-17(14-2-3-14)18-9-13(10-22(25)29)1-8-20(18)27-21/h1,4-9,11-12,14H,2-3,10H2,(H2,25,29)(H,26,28). The fraction of sp³-hybridized carbons (Fsp3) is 0.174. The van der Waals surface area contributed by atoms with Crippen molar-refractivity contribution >= 4 is 16.8 Å². The van der Waals surface area contributed by atoms with Gasteiger partial charge in [-0.1, -0.05) is 6.07 Å². The third kappa shape index (κ3) is 3.38. The number of H-pyrrole nitrogens is 1. The van der Waals surface area contributed by atoms with Crippen molar-refractivity contribution in [3.63, 3.8) is 0 Å². The van der Waals surface area contributed by atoms with E-state index >= 15 is 0 Å². The zero-order chi connectivity index (χ0) is 20.0. The van der Waals surface area contributed by atoms with Crippen LogP contribution in [0.3, 0.4) is 0 Å². The highest BCUT2D eigenvalue weighted by Gasteiger charge is 2.27. The number of aromatic amines is 1. The van der Waals surface area contributed by atoms with Crippen LogP contribution in [0.5, 0.6) is 0 Å². The Morgan fingerprint density at radius 1 is 1.14 bits per heavy atom. The minimum Gasteiger partial charge on any atom is -0.369 e. The second-order valence-corrected chi connectivity index (χ2v) is 7.53. The van der Waals surface area contributed by atoms with E-state index in [0.29, 0.717) is 5.92 Å². The number of carbonyl (C=O) groups excluding carboxylic acids is 1. The SMILES string of the molecule is NC(=O)Cc1ccc2nc(-c3cn[nH]c3-c3ccc(F)cc3)cc(C3CC3)c2c1. The molecule has 2 heterocycles. The lowest BCUT2D eigenvalue weighted by Gasteiger charge is -2.11. The zero-order valence-electron chi connectivity index (χ0n) is 15.7. The summed E-state index contributed by atoms with van der Waals surface area (Å²) < 4.78 is 13.3. The first-order valence-corrected chi connectivity index (χ1v) is 9.60. The summed E-state index contributed by atoms with van der Waals surface area (Å²) in [4.78, 5) is 16.2. The number of nitrogens with zero attached hydrogens (tertiary/aromatic N) is 2. The van der Waals surface area contributed by atoms with E-state index in [4.69, 9.17) is 10.7 Å². The minimum absolute atomic E-state index is 0.220. The molecule has 0 saturated heterocycles. The van der Waals surface area contributed by atoms with Crippen molar-refractivity contribution < 1.29 is 9.18 Å². The van der Waals surface area contributed by atoms with Gasteiger partial charge in [-0.3, -0.25) is 9.89 Å². The molecule has 2 aromatic heterocycles. The third-order valence-corrected chi connectivity index (χ3v) is 5.35. The molecule has 6 heteroatoms. The number of benzene rings is 2. The molecule has 1 saturated carbocycles. The van der Waals surface area contributed by atoms with Crippen molar-refractivity contribution in [1.29, 1.82) is 0 Å². The molecule has 0 aliphatic heterocycles. The van der Waals surface area contributed by atoms with Gasteiger partial charge in [-0.05, 0) is 72.4 Å². The molecule has 4 aromatic rings. The Balaban J connectivity index is 1.64. The molecule has 3 N–H and O–H groups in total. The number of aromatic nitrogens is 3. The molecular weight excluding hydrogens is 367 g/mol. The topological polar surface area (TPSA) is 84.7 Å². The number of nitrogens with one attached hydrogen (secondary N) is 1. The molecule has 1 aliphatic carbocycles. The summed E-state index contributed by atoms with van der Waals surface area (Å²) in [6.45, 7) is 0. The predicted molar refractivity (Wildman–Crippen MR) is 110 cm³/mol. The lowest BCUT2D eigenvalue weighted by Crippen LogP contribution is -2.13.